The van der Waals surface area contributed by atoms with Gasteiger partial charge in [0.2, 0.25) is 0 Å². The number of carboxylic acid groups (broad SMARTS) is 1. The number of pyridine rings is 1. The molecule has 6 heteroatoms. The first-order valence-electron chi connectivity index (χ1n) is 7.41. The minimum Gasteiger partial charge on any atom is -0.489 e. The Labute approximate surface area is 142 Å². The molecule has 2 aromatic carbocycles. The van der Waals surface area contributed by atoms with E-state index in [1.807, 2.05) is 30.3 Å². The number of halogens is 2. The maximum atomic E-state index is 14.3. The van der Waals surface area contributed by atoms with Gasteiger partial charge in [-0.1, -0.05) is 30.3 Å². The van der Waals surface area contributed by atoms with Crippen molar-refractivity contribution >= 4 is 5.97 Å². The third kappa shape index (κ3) is 3.80. The second-order valence-corrected chi connectivity index (χ2v) is 5.25. The highest BCUT2D eigenvalue weighted by molar-refractivity contribution is 5.86. The highest BCUT2D eigenvalue weighted by atomic mass is 19.1. The highest BCUT2D eigenvalue weighted by Gasteiger charge is 2.16. The number of hydrogen-bond donors (Lipinski definition) is 1. The van der Waals surface area contributed by atoms with Crippen LogP contribution in [0.5, 0.6) is 5.75 Å². The summed E-state index contributed by atoms with van der Waals surface area (Å²) >= 11 is 0. The number of carbonyl (C=O) groups is 1. The molecule has 0 saturated heterocycles. The zero-order valence-electron chi connectivity index (χ0n) is 12.9. The lowest BCUT2D eigenvalue weighted by Crippen LogP contribution is -2.05. The van der Waals surface area contributed by atoms with Crippen LogP contribution in [0.3, 0.4) is 0 Å². The number of aromatic nitrogens is 1. The number of aromatic carboxylic acids is 1. The molecule has 3 rings (SSSR count). The molecule has 0 aliphatic carbocycles. The molecule has 0 amide bonds. The van der Waals surface area contributed by atoms with Gasteiger partial charge in [0, 0.05) is 11.6 Å². The summed E-state index contributed by atoms with van der Waals surface area (Å²) in [6.45, 7) is 0.289. The van der Waals surface area contributed by atoms with Gasteiger partial charge in [-0.2, -0.15) is 0 Å². The fourth-order valence-electron chi connectivity index (χ4n) is 2.28. The van der Waals surface area contributed by atoms with Gasteiger partial charge in [-0.15, -0.1) is 0 Å². The Hall–Kier alpha value is -3.28. The van der Waals surface area contributed by atoms with Crippen LogP contribution in [0.1, 0.15) is 16.1 Å². The van der Waals surface area contributed by atoms with Crippen LogP contribution in [0.15, 0.2) is 60.7 Å². The van der Waals surface area contributed by atoms with Gasteiger partial charge >= 0.3 is 5.97 Å². The predicted molar refractivity (Wildman–Crippen MR) is 87.3 cm³/mol. The van der Waals surface area contributed by atoms with Gasteiger partial charge in [0.1, 0.15) is 18.2 Å². The lowest BCUT2D eigenvalue weighted by Gasteiger charge is -2.09. The van der Waals surface area contributed by atoms with E-state index < -0.39 is 23.3 Å². The van der Waals surface area contributed by atoms with Crippen molar-refractivity contribution in [2.45, 2.75) is 6.61 Å². The molecule has 1 heterocycles. The molecule has 0 aliphatic heterocycles. The van der Waals surface area contributed by atoms with Crippen LogP contribution in [0.4, 0.5) is 8.78 Å². The van der Waals surface area contributed by atoms with Gasteiger partial charge in [0.25, 0.3) is 0 Å². The van der Waals surface area contributed by atoms with E-state index in [1.54, 1.807) is 6.07 Å². The van der Waals surface area contributed by atoms with E-state index in [0.29, 0.717) is 5.75 Å². The average molecular weight is 341 g/mol. The Morgan fingerprint density at radius 3 is 2.44 bits per heavy atom. The van der Waals surface area contributed by atoms with Crippen molar-refractivity contribution in [3.05, 3.63) is 83.6 Å². The van der Waals surface area contributed by atoms with Crippen LogP contribution < -0.4 is 4.74 Å². The van der Waals surface area contributed by atoms with E-state index >= 15 is 0 Å². The van der Waals surface area contributed by atoms with Crippen LogP contribution in [0.2, 0.25) is 0 Å². The van der Waals surface area contributed by atoms with E-state index in [1.165, 1.54) is 18.2 Å². The smallest absolute Gasteiger partial charge is 0.357 e. The number of hydrogen-bond acceptors (Lipinski definition) is 3. The van der Waals surface area contributed by atoms with Crippen LogP contribution in [0, 0.1) is 11.6 Å². The largest absolute Gasteiger partial charge is 0.489 e. The number of ether oxygens (including phenoxy) is 1. The van der Waals surface area contributed by atoms with E-state index in [2.05, 4.69) is 4.98 Å². The molecule has 4 nitrogen and oxygen atoms in total. The van der Waals surface area contributed by atoms with Gasteiger partial charge < -0.3 is 9.84 Å². The fourth-order valence-corrected chi connectivity index (χ4v) is 2.28. The lowest BCUT2D eigenvalue weighted by atomic mass is 10.1. The molecule has 3 aromatic rings. The van der Waals surface area contributed by atoms with Gasteiger partial charge in [0.15, 0.2) is 11.5 Å². The lowest BCUT2D eigenvalue weighted by molar-refractivity contribution is 0.0685. The first-order valence-corrected chi connectivity index (χ1v) is 7.41. The molecular formula is C19H13F2NO3. The van der Waals surface area contributed by atoms with E-state index in [9.17, 15) is 13.6 Å². The molecular weight excluding hydrogens is 328 g/mol. The molecule has 0 spiro atoms. The zero-order valence-corrected chi connectivity index (χ0v) is 12.9. The Bertz CT molecular complexity index is 914. The summed E-state index contributed by atoms with van der Waals surface area (Å²) in [5.74, 6) is -2.80. The molecule has 0 fully saturated rings. The van der Waals surface area contributed by atoms with Crippen molar-refractivity contribution in [1.29, 1.82) is 0 Å². The van der Waals surface area contributed by atoms with Crippen molar-refractivity contribution in [3.63, 3.8) is 0 Å². The first kappa shape index (κ1) is 16.6. The predicted octanol–water partition coefficient (Wildman–Crippen LogP) is 4.30. The van der Waals surface area contributed by atoms with Gasteiger partial charge in [0.05, 0.1) is 5.69 Å². The monoisotopic (exact) mass is 341 g/mol. The molecule has 0 unspecified atom stereocenters. The van der Waals surface area contributed by atoms with E-state index in [0.717, 1.165) is 11.6 Å². The normalized spacial score (nSPS) is 10.5. The summed E-state index contributed by atoms with van der Waals surface area (Å²) in [7, 11) is 0. The van der Waals surface area contributed by atoms with Gasteiger partial charge in [-0.25, -0.2) is 18.6 Å². The molecule has 1 aromatic heterocycles. The third-order valence-corrected chi connectivity index (χ3v) is 3.51. The van der Waals surface area contributed by atoms with Crippen LogP contribution in [-0.2, 0) is 6.61 Å². The standard InChI is InChI=1S/C19H13F2NO3/c20-15-8-9-17(22-18(15)19(23)24)14-7-6-13(10-16(14)21)25-11-12-4-2-1-3-5-12/h1-10H,11H2,(H,23,24). The minimum atomic E-state index is -1.51. The summed E-state index contributed by atoms with van der Waals surface area (Å²) in [5, 5.41) is 8.91. The molecule has 0 atom stereocenters. The van der Waals surface area contributed by atoms with Crippen LogP contribution in [0.25, 0.3) is 11.3 Å². The SMILES string of the molecule is O=C(O)c1nc(-c2ccc(OCc3ccccc3)cc2F)ccc1F. The topological polar surface area (TPSA) is 59.4 Å². The quantitative estimate of drug-likeness (QED) is 0.751. The highest BCUT2D eigenvalue weighted by Crippen LogP contribution is 2.26. The molecule has 0 bridgehead atoms. The molecule has 0 radical (unpaired) electrons. The Kier molecular flexibility index (Phi) is 4.70. The Morgan fingerprint density at radius 1 is 1.00 bits per heavy atom. The average Bonchev–Trinajstić information content (AvgIpc) is 2.61. The summed E-state index contributed by atoms with van der Waals surface area (Å²) in [4.78, 5) is 14.6. The second-order valence-electron chi connectivity index (χ2n) is 5.25. The maximum absolute atomic E-state index is 14.3. The van der Waals surface area contributed by atoms with Crippen molar-refractivity contribution in [2.75, 3.05) is 0 Å². The van der Waals surface area contributed by atoms with Crippen molar-refractivity contribution in [1.82, 2.24) is 4.98 Å². The molecule has 126 valence electrons. The number of nitrogens with zero attached hydrogens (tertiary/aromatic N) is 1. The molecule has 0 saturated carbocycles. The second kappa shape index (κ2) is 7.09. The van der Waals surface area contributed by atoms with Gasteiger partial charge in [-0.3, -0.25) is 0 Å². The summed E-state index contributed by atoms with van der Waals surface area (Å²) < 4.78 is 33.3. The minimum absolute atomic E-state index is 0.0332. The Balaban J connectivity index is 1.82. The summed E-state index contributed by atoms with van der Waals surface area (Å²) in [6.07, 6.45) is 0. The summed E-state index contributed by atoms with van der Waals surface area (Å²) in [5.41, 5.74) is 0.292. The zero-order chi connectivity index (χ0) is 17.8. The number of rotatable bonds is 5. The first-order chi connectivity index (χ1) is 12.0. The third-order valence-electron chi connectivity index (χ3n) is 3.51. The van der Waals surface area contributed by atoms with E-state index in [4.69, 9.17) is 9.84 Å². The van der Waals surface area contributed by atoms with Crippen molar-refractivity contribution in [2.24, 2.45) is 0 Å². The van der Waals surface area contributed by atoms with Crippen molar-refractivity contribution in [3.8, 4) is 17.0 Å². The molecule has 1 N–H and O–H groups in total. The molecule has 0 aliphatic rings. The fraction of sp³-hybridized carbons (Fsp3) is 0.0526. The number of carboxylic acids is 1. The summed E-state index contributed by atoms with van der Waals surface area (Å²) in [6, 6.07) is 15.7. The van der Waals surface area contributed by atoms with Crippen molar-refractivity contribution < 1.29 is 23.4 Å². The number of benzene rings is 2. The van der Waals surface area contributed by atoms with E-state index in [-0.39, 0.29) is 17.9 Å². The van der Waals surface area contributed by atoms with Crippen LogP contribution in [-0.4, -0.2) is 16.1 Å². The maximum Gasteiger partial charge on any atom is 0.357 e. The Morgan fingerprint density at radius 2 is 1.76 bits per heavy atom. The van der Waals surface area contributed by atoms with Crippen LogP contribution >= 0.6 is 0 Å². The van der Waals surface area contributed by atoms with Gasteiger partial charge in [-0.05, 0) is 29.8 Å². The molecule has 25 heavy (non-hydrogen) atoms.